The maximum absolute atomic E-state index is 14.3. The molecule has 8 N–H and O–H groups in total. The Bertz CT molecular complexity index is 3930. The summed E-state index contributed by atoms with van der Waals surface area (Å²) in [5.74, 6) is -3.93. The fraction of sp³-hybridized carbons (Fsp3) is 0.327. The Labute approximate surface area is 514 Å². The van der Waals surface area contributed by atoms with Gasteiger partial charge < -0.3 is 51.8 Å². The molecule has 6 atom stereocenters. The number of likely N-dealkylation sites (tertiary alicyclic amines) is 1. The third-order valence-electron chi connectivity index (χ3n) is 14.0. The van der Waals surface area contributed by atoms with Gasteiger partial charge in [0.25, 0.3) is 23.6 Å². The van der Waals surface area contributed by atoms with Crippen LogP contribution in [0.15, 0.2) is 74.4 Å². The number of nitrogens with two attached hydrogens (primary N) is 1. The van der Waals surface area contributed by atoms with Crippen LogP contribution in [0, 0.1) is 5.92 Å². The van der Waals surface area contributed by atoms with Gasteiger partial charge in [-0.15, -0.1) is 68.0 Å². The van der Waals surface area contributed by atoms with Crippen molar-refractivity contribution in [2.45, 2.75) is 76.0 Å². The van der Waals surface area contributed by atoms with Crippen LogP contribution in [0.5, 0.6) is 0 Å². The van der Waals surface area contributed by atoms with Crippen molar-refractivity contribution in [3.63, 3.8) is 0 Å². The van der Waals surface area contributed by atoms with E-state index in [1.165, 1.54) is 69.8 Å². The lowest BCUT2D eigenvalue weighted by molar-refractivity contribution is -0.138. The molecule has 0 spiro atoms. The van der Waals surface area contributed by atoms with Gasteiger partial charge in [0.1, 0.15) is 94.7 Å². The summed E-state index contributed by atoms with van der Waals surface area (Å²) in [6, 6.07) is 7.92. The number of methoxy groups -OCH3 is 1. The van der Waals surface area contributed by atoms with Gasteiger partial charge in [-0.3, -0.25) is 33.6 Å². The molecule has 1 fully saturated rings. The normalized spacial score (nSPS) is 19.6. The molecule has 0 unspecified atom stereocenters. The molecule has 25 nitrogen and oxygen atoms in total. The Morgan fingerprint density at radius 2 is 1.42 bits per heavy atom. The number of aliphatic hydroxyl groups excluding tert-OH is 1. The number of ether oxygens (including phenoxy) is 2. The molecule has 86 heavy (non-hydrogen) atoms. The number of thiazole rings is 6. The third-order valence-corrected chi connectivity index (χ3v) is 19.6. The molecule has 1 saturated heterocycles. The topological polar surface area (TPSA) is 350 Å². The number of rotatable bonds is 11. The molecule has 7 amide bonds. The Morgan fingerprint density at radius 3 is 2.19 bits per heavy atom. The minimum atomic E-state index is -1.28. The van der Waals surface area contributed by atoms with E-state index in [1.54, 1.807) is 64.0 Å². The zero-order chi connectivity index (χ0) is 60.3. The molecule has 1 aromatic carbocycles. The van der Waals surface area contributed by atoms with E-state index in [1.807, 2.05) is 13.8 Å². The van der Waals surface area contributed by atoms with E-state index in [0.29, 0.717) is 88.9 Å². The number of aromatic nitrogens is 7. The Balaban J connectivity index is 0.962. The van der Waals surface area contributed by atoms with E-state index in [4.69, 9.17) is 40.1 Å². The van der Waals surface area contributed by atoms with Crippen LogP contribution in [0.2, 0.25) is 0 Å². The summed E-state index contributed by atoms with van der Waals surface area (Å²) in [7, 11) is 2.93. The number of hydrogen-bond acceptors (Lipinski definition) is 24. The monoisotopic (exact) mass is 1280 g/mol. The molecular weight excluding hydrogens is 1220 g/mol. The number of aliphatic hydroxyl groups is 1. The maximum atomic E-state index is 14.3. The number of benzene rings is 1. The summed E-state index contributed by atoms with van der Waals surface area (Å²) >= 11 is 7.12. The van der Waals surface area contributed by atoms with Crippen molar-refractivity contribution in [2.24, 2.45) is 16.6 Å². The summed E-state index contributed by atoms with van der Waals surface area (Å²) in [4.78, 5) is 135. The minimum absolute atomic E-state index is 0.000262. The van der Waals surface area contributed by atoms with E-state index >= 15 is 0 Å². The molecule has 444 valence electrons. The first-order chi connectivity index (χ1) is 41.5. The van der Waals surface area contributed by atoms with Gasteiger partial charge in [-0.25, -0.2) is 39.9 Å². The number of pyridine rings is 1. The molecule has 0 aliphatic carbocycles. The van der Waals surface area contributed by atoms with Crippen molar-refractivity contribution in [3.05, 3.63) is 118 Å². The Kier molecular flexibility index (Phi) is 17.9. The molecular formula is C55H53N15O10S6. The molecule has 3 aliphatic heterocycles. The van der Waals surface area contributed by atoms with Crippen molar-refractivity contribution in [2.75, 3.05) is 33.9 Å². The highest BCUT2D eigenvalue weighted by Gasteiger charge is 2.39. The van der Waals surface area contributed by atoms with Crippen molar-refractivity contribution in [1.29, 1.82) is 0 Å². The molecule has 31 heteroatoms. The lowest BCUT2D eigenvalue weighted by Gasteiger charge is -2.23. The molecule has 10 bridgehead atoms. The van der Waals surface area contributed by atoms with Gasteiger partial charge in [0.15, 0.2) is 6.04 Å². The van der Waals surface area contributed by atoms with Gasteiger partial charge in [0.05, 0.1) is 42.2 Å². The van der Waals surface area contributed by atoms with Crippen LogP contribution in [0.4, 0.5) is 0 Å². The summed E-state index contributed by atoms with van der Waals surface area (Å²) in [5.41, 5.74) is 8.60. The zero-order valence-electron chi connectivity index (χ0n) is 46.1. The predicted molar refractivity (Wildman–Crippen MR) is 322 cm³/mol. The second kappa shape index (κ2) is 25.8. The maximum Gasteiger partial charge on any atom is 0.271 e. The fourth-order valence-electron chi connectivity index (χ4n) is 9.62. The molecule has 8 aromatic rings. The molecule has 10 heterocycles. The van der Waals surface area contributed by atoms with Crippen LogP contribution in [-0.4, -0.2) is 138 Å². The van der Waals surface area contributed by atoms with Crippen LogP contribution in [0.25, 0.3) is 43.4 Å². The van der Waals surface area contributed by atoms with E-state index < -0.39 is 78.3 Å². The van der Waals surface area contributed by atoms with Crippen LogP contribution >= 0.6 is 68.0 Å². The number of nitrogens with one attached hydrogen (secondary N) is 5. The highest BCUT2D eigenvalue weighted by Crippen LogP contribution is 2.40. The summed E-state index contributed by atoms with van der Waals surface area (Å²) in [6.45, 7) is 3.59. The van der Waals surface area contributed by atoms with Crippen LogP contribution in [0.3, 0.4) is 0 Å². The van der Waals surface area contributed by atoms with Crippen LogP contribution < -0.4 is 32.3 Å². The van der Waals surface area contributed by atoms with Crippen molar-refractivity contribution >= 4 is 115 Å². The van der Waals surface area contributed by atoms with Crippen molar-refractivity contribution in [1.82, 2.24) is 66.4 Å². The van der Waals surface area contributed by atoms with Gasteiger partial charge in [-0.1, -0.05) is 44.2 Å². The van der Waals surface area contributed by atoms with Crippen LogP contribution in [-0.2, 0) is 35.3 Å². The number of fused-ring (bicyclic) bond motifs is 14. The van der Waals surface area contributed by atoms with Gasteiger partial charge in [0, 0.05) is 53.2 Å². The van der Waals surface area contributed by atoms with E-state index in [-0.39, 0.29) is 59.4 Å². The largest absolute Gasteiger partial charge is 0.473 e. The summed E-state index contributed by atoms with van der Waals surface area (Å²) < 4.78 is 11.3. The number of carbonyl (C=O) groups is 7. The highest BCUT2D eigenvalue weighted by atomic mass is 32.1. The van der Waals surface area contributed by atoms with Gasteiger partial charge in [0.2, 0.25) is 23.6 Å². The second-order valence-electron chi connectivity index (χ2n) is 20.1. The highest BCUT2D eigenvalue weighted by molar-refractivity contribution is 7.15. The predicted octanol–water partition coefficient (Wildman–Crippen LogP) is 5.63. The van der Waals surface area contributed by atoms with Crippen molar-refractivity contribution < 1.29 is 48.1 Å². The number of carbonyl (C=O) groups excluding carboxylic acids is 7. The number of primary amides is 1. The van der Waals surface area contributed by atoms with E-state index in [0.717, 1.165) is 22.7 Å². The number of aliphatic imine (C=N–C) groups is 1. The SMILES string of the molecule is CNC(=O)C[C@@H]1NC(=O)c2csc(n2)-c2ccc(-c3nc(C4=N[C@H](C(=O)N5CCC[C@H]5C(N)=O)CO4)cs3)nc2-c2csc(n2)-c2csc(n2)[C@H]([C@@H](O)c2ccccc2)NC(=O)CNC(=O)c2nc(sc2COC)[C@H](C(C)C)NC(=O)c2csc1n2. The zero-order valence-corrected chi connectivity index (χ0v) is 51.0. The average Bonchev–Trinajstić information content (AvgIpc) is 4.06. The van der Waals surface area contributed by atoms with Gasteiger partial charge >= 0.3 is 0 Å². The van der Waals surface area contributed by atoms with Gasteiger partial charge in [-0.05, 0) is 36.5 Å². The fourth-order valence-corrected chi connectivity index (χ4v) is 15.0. The van der Waals surface area contributed by atoms with Gasteiger partial charge in [-0.2, -0.15) is 0 Å². The average molecular weight is 1280 g/mol. The van der Waals surface area contributed by atoms with Crippen LogP contribution in [0.1, 0.15) is 120 Å². The smallest absolute Gasteiger partial charge is 0.271 e. The molecule has 0 saturated carbocycles. The third kappa shape index (κ3) is 12.7. The first-order valence-corrected chi connectivity index (χ1v) is 32.0. The second-order valence-corrected chi connectivity index (χ2v) is 25.6. The first kappa shape index (κ1) is 59.6. The quantitative estimate of drug-likeness (QED) is 0.0825. The van der Waals surface area contributed by atoms with E-state index in [9.17, 15) is 38.7 Å². The van der Waals surface area contributed by atoms with E-state index in [2.05, 4.69) is 41.5 Å². The standard InChI is InChI=1S/C55H53N15O10S6/c1-24(2)39-54-69-41(36(86-54)18-79-4)47(77)58-16-38(72)67-42(43(73)25-9-6-5-7-10-25)53-66-34(23-85-53)52-62-30(19-82-52)40-26(49-63-31(20-81-49)45(75)60-28(15-37(71)57-3)51-64-32(21-83-51)46(76)68-39)12-13-27(59-40)50-65-33(22-84-50)48-61-29(17-80-48)55(78)70-14-8-11-35(70)44(56)74/h5-7,9-10,12-13,19-24,28-29,35,39,42-43,73H,8,11,14-18H2,1-4H3,(H2,56,74)(H,57,71)(H,58,77)(H,60,75)(H,67,72)(H,68,76)/t28-,29-,35-,39-,42-,43-/m0/s1. The number of nitrogens with zero attached hydrogens (tertiary/aromatic N) is 9. The molecule has 7 aromatic heterocycles. The molecule has 0 radical (unpaired) electrons. The Hall–Kier alpha value is -8.17. The van der Waals surface area contributed by atoms with Crippen molar-refractivity contribution in [3.8, 4) is 43.4 Å². The summed E-state index contributed by atoms with van der Waals surface area (Å²) in [6.07, 6.45) is -0.371. The lowest BCUT2D eigenvalue weighted by atomic mass is 10.0. The lowest BCUT2D eigenvalue weighted by Crippen LogP contribution is -2.47. The first-order valence-electron chi connectivity index (χ1n) is 26.8. The number of hydrogen-bond donors (Lipinski definition) is 7. The minimum Gasteiger partial charge on any atom is -0.473 e. The molecule has 11 rings (SSSR count). The number of amides is 7. The summed E-state index contributed by atoms with van der Waals surface area (Å²) in [5, 5.41) is 36.7. The Morgan fingerprint density at radius 1 is 0.744 bits per heavy atom. The molecule has 3 aliphatic rings.